The van der Waals surface area contributed by atoms with Crippen LogP contribution in [0.1, 0.15) is 50.9 Å². The van der Waals surface area contributed by atoms with E-state index in [-0.39, 0.29) is 37.5 Å². The highest BCUT2D eigenvalue weighted by atomic mass is 28.3. The van der Waals surface area contributed by atoms with E-state index < -0.39 is 49.1 Å². The van der Waals surface area contributed by atoms with E-state index >= 15 is 0 Å². The summed E-state index contributed by atoms with van der Waals surface area (Å²) in [6.07, 6.45) is 0.676. The van der Waals surface area contributed by atoms with Crippen molar-refractivity contribution in [3.8, 4) is 11.1 Å². The summed E-state index contributed by atoms with van der Waals surface area (Å²) >= 11 is 0. The van der Waals surface area contributed by atoms with Crippen LogP contribution in [-0.2, 0) is 20.9 Å². The molecule has 1 aromatic heterocycles. The van der Waals surface area contributed by atoms with Gasteiger partial charge in [0.2, 0.25) is 5.91 Å². The second-order valence-electron chi connectivity index (χ2n) is 14.1. The summed E-state index contributed by atoms with van der Waals surface area (Å²) in [4.78, 5) is 36.2. The number of aliphatic carboxylic acids is 1. The van der Waals surface area contributed by atoms with Gasteiger partial charge in [0.05, 0.1) is 25.1 Å². The Morgan fingerprint density at radius 1 is 0.979 bits per heavy atom. The fourth-order valence-corrected chi connectivity index (χ4v) is 5.79. The van der Waals surface area contributed by atoms with E-state index in [2.05, 4.69) is 35.6 Å². The van der Waals surface area contributed by atoms with Crippen molar-refractivity contribution in [1.29, 1.82) is 0 Å². The summed E-state index contributed by atoms with van der Waals surface area (Å²) < 4.78 is 36.5. The Morgan fingerprint density at radius 3 is 2.32 bits per heavy atom. The Balaban J connectivity index is 1.89. The van der Waals surface area contributed by atoms with E-state index in [1.807, 2.05) is 67.9 Å². The molecule has 0 bridgehead atoms. The fourth-order valence-electron chi connectivity index (χ4n) is 5.07. The number of alkyl carbamates (subject to hydrolysis) is 1. The summed E-state index contributed by atoms with van der Waals surface area (Å²) in [6, 6.07) is 14.9. The maximum atomic E-state index is 14.9. The number of hydrogen-bond acceptors (Lipinski definition) is 5. The predicted octanol–water partition coefficient (Wildman–Crippen LogP) is 6.57. The van der Waals surface area contributed by atoms with Crippen molar-refractivity contribution in [1.82, 2.24) is 20.5 Å². The van der Waals surface area contributed by atoms with Crippen LogP contribution in [-0.4, -0.2) is 61.5 Å². The smallest absolute Gasteiger partial charge is 0.407 e. The normalized spacial score (nSPS) is 13.1. The second kappa shape index (κ2) is 16.7. The van der Waals surface area contributed by atoms with Gasteiger partial charge in [-0.05, 0) is 41.3 Å². The molecule has 0 unspecified atom stereocenters. The largest absolute Gasteiger partial charge is 0.481 e. The molecule has 0 spiro atoms. The quantitative estimate of drug-likeness (QED) is 0.128. The SMILES string of the molecule is CC(C)(C)[C@@H](NC[C@@H](CNC(=O)OCC[Si](C)(C)C)NC(=O)CCC(=O)O)c1cc(-c2cc(F)ccc2F)cn1Cc1ccccc1. The molecule has 0 aliphatic heterocycles. The highest BCUT2D eigenvalue weighted by Crippen LogP contribution is 2.37. The minimum atomic E-state index is -1.40. The number of carbonyl (C=O) groups excluding carboxylic acids is 2. The second-order valence-corrected chi connectivity index (χ2v) is 19.7. The first kappa shape index (κ1) is 37.4. The summed E-state index contributed by atoms with van der Waals surface area (Å²) in [5, 5.41) is 18.1. The lowest BCUT2D eigenvalue weighted by molar-refractivity contribution is -0.138. The highest BCUT2D eigenvalue weighted by molar-refractivity contribution is 6.76. The lowest BCUT2D eigenvalue weighted by Gasteiger charge is -2.34. The van der Waals surface area contributed by atoms with Crippen LogP contribution in [0.25, 0.3) is 11.1 Å². The van der Waals surface area contributed by atoms with E-state index in [4.69, 9.17) is 9.84 Å². The molecule has 2 aromatic carbocycles. The minimum absolute atomic E-state index is 0.0409. The molecule has 2 amide bonds. The van der Waals surface area contributed by atoms with Gasteiger partial charge in [-0.15, -0.1) is 0 Å². The van der Waals surface area contributed by atoms with E-state index in [1.54, 1.807) is 0 Å². The maximum absolute atomic E-state index is 14.9. The lowest BCUT2D eigenvalue weighted by atomic mass is 9.84. The van der Waals surface area contributed by atoms with Gasteiger partial charge in [-0.3, -0.25) is 9.59 Å². The van der Waals surface area contributed by atoms with Crippen LogP contribution >= 0.6 is 0 Å². The van der Waals surface area contributed by atoms with Gasteiger partial charge < -0.3 is 30.4 Å². The summed E-state index contributed by atoms with van der Waals surface area (Å²) in [7, 11) is -1.40. The Kier molecular flexibility index (Phi) is 13.3. The molecule has 0 fully saturated rings. The average molecular weight is 671 g/mol. The number of nitrogens with zero attached hydrogens (tertiary/aromatic N) is 1. The maximum Gasteiger partial charge on any atom is 0.407 e. The fraction of sp³-hybridized carbons (Fsp3) is 0.457. The molecule has 2 atom stereocenters. The molecule has 9 nitrogen and oxygen atoms in total. The number of nitrogens with one attached hydrogen (secondary N) is 3. The standard InChI is InChI=1S/C35H48F2N4O5Si/c1-35(2,3)33(38-20-27(40-31(42)14-15-32(43)44)21-39-34(45)46-16-17-47(4,5)6)30-18-25(28-19-26(36)12-13-29(28)37)23-41(30)22-24-10-8-7-9-11-24/h7-13,18-19,23,27,33,38H,14-17,20-22H2,1-6H3,(H,39,45)(H,40,42)(H,43,44)/t27-,33-/m0/s1. The van der Waals surface area contributed by atoms with Crippen molar-refractivity contribution >= 4 is 26.0 Å². The number of carboxylic acid groups (broad SMARTS) is 1. The molecule has 0 aliphatic rings. The third-order valence-electron chi connectivity index (χ3n) is 7.60. The molecule has 47 heavy (non-hydrogen) atoms. The van der Waals surface area contributed by atoms with Crippen molar-refractivity contribution in [2.75, 3.05) is 19.7 Å². The van der Waals surface area contributed by atoms with E-state index in [0.717, 1.165) is 29.4 Å². The highest BCUT2D eigenvalue weighted by Gasteiger charge is 2.31. The Hall–Kier alpha value is -4.03. The number of benzene rings is 2. The van der Waals surface area contributed by atoms with E-state index in [1.165, 1.54) is 6.07 Å². The Morgan fingerprint density at radius 2 is 1.68 bits per heavy atom. The molecule has 3 rings (SSSR count). The van der Waals surface area contributed by atoms with Crippen LogP contribution in [0.4, 0.5) is 13.6 Å². The first-order valence-electron chi connectivity index (χ1n) is 15.9. The van der Waals surface area contributed by atoms with Crippen molar-refractivity contribution in [3.05, 3.63) is 83.7 Å². The van der Waals surface area contributed by atoms with Crippen LogP contribution in [0.3, 0.4) is 0 Å². The summed E-state index contributed by atoms with van der Waals surface area (Å²) in [5.74, 6) is -2.63. The van der Waals surface area contributed by atoms with Gasteiger partial charge in [-0.1, -0.05) is 70.7 Å². The molecule has 4 N–H and O–H groups in total. The monoisotopic (exact) mass is 670 g/mol. The first-order valence-corrected chi connectivity index (χ1v) is 19.6. The average Bonchev–Trinajstić information content (AvgIpc) is 3.37. The number of amides is 2. The Labute approximate surface area is 277 Å². The molecule has 0 radical (unpaired) electrons. The van der Waals surface area contributed by atoms with Crippen molar-refractivity contribution < 1.29 is 33.0 Å². The summed E-state index contributed by atoms with van der Waals surface area (Å²) in [6.45, 7) is 13.7. The number of rotatable bonds is 16. The Bertz CT molecular complexity index is 1500. The molecule has 3 aromatic rings. The number of halogens is 2. The van der Waals surface area contributed by atoms with E-state index in [0.29, 0.717) is 18.7 Å². The molecule has 256 valence electrons. The first-order chi connectivity index (χ1) is 22.0. The van der Waals surface area contributed by atoms with Gasteiger partial charge in [0.1, 0.15) is 11.6 Å². The third-order valence-corrected chi connectivity index (χ3v) is 9.31. The van der Waals surface area contributed by atoms with Crippen LogP contribution in [0, 0.1) is 17.0 Å². The van der Waals surface area contributed by atoms with Crippen LogP contribution < -0.4 is 16.0 Å². The number of hydrogen-bond donors (Lipinski definition) is 4. The predicted molar refractivity (Wildman–Crippen MR) is 182 cm³/mol. The van der Waals surface area contributed by atoms with Crippen molar-refractivity contribution in [3.63, 3.8) is 0 Å². The van der Waals surface area contributed by atoms with Gasteiger partial charge >= 0.3 is 12.1 Å². The molecular formula is C35H48F2N4O5Si. The topological polar surface area (TPSA) is 122 Å². The molecule has 0 aliphatic carbocycles. The van der Waals surface area contributed by atoms with E-state index in [9.17, 15) is 23.2 Å². The molecule has 0 saturated carbocycles. The third kappa shape index (κ3) is 12.6. The lowest BCUT2D eigenvalue weighted by Crippen LogP contribution is -2.50. The molecule has 12 heteroatoms. The van der Waals surface area contributed by atoms with Crippen LogP contribution in [0.15, 0.2) is 60.8 Å². The van der Waals surface area contributed by atoms with Gasteiger partial charge in [0.15, 0.2) is 0 Å². The van der Waals surface area contributed by atoms with Crippen molar-refractivity contribution in [2.45, 2.75) is 77.9 Å². The minimum Gasteiger partial charge on any atom is -0.481 e. The van der Waals surface area contributed by atoms with Gasteiger partial charge in [0.25, 0.3) is 0 Å². The molecule has 1 heterocycles. The zero-order valence-electron chi connectivity index (χ0n) is 28.2. The molecular weight excluding hydrogens is 622 g/mol. The zero-order chi connectivity index (χ0) is 34.8. The van der Waals surface area contributed by atoms with Crippen molar-refractivity contribution in [2.24, 2.45) is 5.41 Å². The summed E-state index contributed by atoms with van der Waals surface area (Å²) in [5.41, 5.74) is 2.10. The number of ether oxygens (including phenoxy) is 1. The number of carbonyl (C=O) groups is 3. The van der Waals surface area contributed by atoms with Gasteiger partial charge in [-0.25, -0.2) is 13.6 Å². The van der Waals surface area contributed by atoms with Crippen LogP contribution in [0.2, 0.25) is 25.7 Å². The zero-order valence-corrected chi connectivity index (χ0v) is 29.2. The van der Waals surface area contributed by atoms with Crippen LogP contribution in [0.5, 0.6) is 0 Å². The molecule has 0 saturated heterocycles. The van der Waals surface area contributed by atoms with Gasteiger partial charge in [0, 0.05) is 57.1 Å². The van der Waals surface area contributed by atoms with Gasteiger partial charge in [-0.2, -0.15) is 0 Å². The number of aromatic nitrogens is 1. The number of carboxylic acids is 1.